The lowest BCUT2D eigenvalue weighted by molar-refractivity contribution is -0.117. The molecule has 98 valence electrons. The SMILES string of the molecule is O=C(Cc1c(F)ccc(Br)c1F)C1CSCCS1. The van der Waals surface area contributed by atoms with Crippen molar-refractivity contribution in [1.29, 1.82) is 0 Å². The Kier molecular flexibility index (Phi) is 5.09. The van der Waals surface area contributed by atoms with E-state index >= 15 is 0 Å². The Morgan fingerprint density at radius 2 is 2.17 bits per heavy atom. The first-order chi connectivity index (χ1) is 8.59. The van der Waals surface area contributed by atoms with Crippen LogP contribution in [0.1, 0.15) is 5.56 Å². The Hall–Kier alpha value is -0.0700. The van der Waals surface area contributed by atoms with E-state index in [1.54, 1.807) is 23.5 Å². The molecule has 1 atom stereocenters. The molecule has 0 bridgehead atoms. The predicted octanol–water partition coefficient (Wildman–Crippen LogP) is 3.69. The minimum atomic E-state index is -0.670. The van der Waals surface area contributed by atoms with E-state index in [1.165, 1.54) is 12.1 Å². The number of thioether (sulfide) groups is 2. The molecule has 0 radical (unpaired) electrons. The van der Waals surface area contributed by atoms with Crippen LogP contribution in [0.2, 0.25) is 0 Å². The van der Waals surface area contributed by atoms with Crippen molar-refractivity contribution in [2.45, 2.75) is 11.7 Å². The highest BCUT2D eigenvalue weighted by atomic mass is 79.9. The van der Waals surface area contributed by atoms with Crippen molar-refractivity contribution in [3.8, 4) is 0 Å². The molecule has 1 aromatic rings. The van der Waals surface area contributed by atoms with Crippen molar-refractivity contribution in [3.05, 3.63) is 33.8 Å². The highest BCUT2D eigenvalue weighted by Crippen LogP contribution is 2.27. The first-order valence-corrected chi connectivity index (χ1v) is 8.43. The zero-order valence-corrected chi connectivity index (χ0v) is 12.6. The second-order valence-corrected chi connectivity index (χ2v) is 7.21. The molecule has 0 aromatic heterocycles. The van der Waals surface area contributed by atoms with Crippen molar-refractivity contribution in [2.75, 3.05) is 17.3 Å². The van der Waals surface area contributed by atoms with Gasteiger partial charge in [0.15, 0.2) is 5.78 Å². The number of hydrogen-bond acceptors (Lipinski definition) is 3. The van der Waals surface area contributed by atoms with E-state index in [2.05, 4.69) is 15.9 Å². The lowest BCUT2D eigenvalue weighted by Crippen LogP contribution is -2.26. The summed E-state index contributed by atoms with van der Waals surface area (Å²) in [6.45, 7) is 0. The van der Waals surface area contributed by atoms with Crippen LogP contribution >= 0.6 is 39.5 Å². The maximum absolute atomic E-state index is 13.7. The second-order valence-electron chi connectivity index (χ2n) is 3.90. The number of carbonyl (C=O) groups excluding carboxylic acids is 1. The lowest BCUT2D eigenvalue weighted by atomic mass is 10.1. The monoisotopic (exact) mass is 352 g/mol. The molecule has 0 amide bonds. The topological polar surface area (TPSA) is 17.1 Å². The predicted molar refractivity (Wildman–Crippen MR) is 76.3 cm³/mol. The van der Waals surface area contributed by atoms with E-state index in [1.807, 2.05) is 0 Å². The van der Waals surface area contributed by atoms with Crippen molar-refractivity contribution < 1.29 is 13.6 Å². The van der Waals surface area contributed by atoms with Crippen LogP contribution in [0.3, 0.4) is 0 Å². The average molecular weight is 353 g/mol. The molecule has 0 aliphatic carbocycles. The molecule has 1 nitrogen and oxygen atoms in total. The van der Waals surface area contributed by atoms with Crippen molar-refractivity contribution in [3.63, 3.8) is 0 Å². The molecule has 1 aliphatic rings. The minimum absolute atomic E-state index is 0.0944. The van der Waals surface area contributed by atoms with Crippen molar-refractivity contribution in [2.24, 2.45) is 0 Å². The Balaban J connectivity index is 2.13. The van der Waals surface area contributed by atoms with Crippen LogP contribution in [-0.4, -0.2) is 28.3 Å². The number of Topliss-reactive ketones (excluding diaryl/α,β-unsaturated/α-hetero) is 1. The maximum Gasteiger partial charge on any atom is 0.151 e. The lowest BCUT2D eigenvalue weighted by Gasteiger charge is -2.19. The van der Waals surface area contributed by atoms with Gasteiger partial charge in [-0.2, -0.15) is 11.8 Å². The summed E-state index contributed by atoms with van der Waals surface area (Å²) in [5.74, 6) is 1.27. The van der Waals surface area contributed by atoms with Gasteiger partial charge in [0.25, 0.3) is 0 Å². The molecule has 0 N–H and O–H groups in total. The van der Waals surface area contributed by atoms with Gasteiger partial charge in [-0.15, -0.1) is 11.8 Å². The van der Waals surface area contributed by atoms with Crippen LogP contribution in [-0.2, 0) is 11.2 Å². The van der Waals surface area contributed by atoms with E-state index in [4.69, 9.17) is 0 Å². The molecule has 18 heavy (non-hydrogen) atoms. The summed E-state index contributed by atoms with van der Waals surface area (Å²) in [7, 11) is 0. The summed E-state index contributed by atoms with van der Waals surface area (Å²) in [5, 5.41) is -0.137. The van der Waals surface area contributed by atoms with Gasteiger partial charge in [-0.1, -0.05) is 0 Å². The zero-order valence-electron chi connectivity index (χ0n) is 9.42. The number of rotatable bonds is 3. The third kappa shape index (κ3) is 3.27. The van der Waals surface area contributed by atoms with Gasteiger partial charge in [-0.3, -0.25) is 4.79 Å². The summed E-state index contributed by atoms with van der Waals surface area (Å²) in [6.07, 6.45) is -0.171. The summed E-state index contributed by atoms with van der Waals surface area (Å²) in [5.41, 5.74) is -0.134. The Morgan fingerprint density at radius 1 is 1.39 bits per heavy atom. The number of carbonyl (C=O) groups is 1. The van der Waals surface area contributed by atoms with E-state index < -0.39 is 11.6 Å². The minimum Gasteiger partial charge on any atom is -0.298 e. The molecule has 1 saturated heterocycles. The Morgan fingerprint density at radius 3 is 2.83 bits per heavy atom. The molecule has 1 aromatic carbocycles. The number of benzene rings is 1. The van der Waals surface area contributed by atoms with Gasteiger partial charge in [-0.25, -0.2) is 8.78 Å². The first kappa shape index (κ1) is 14.3. The van der Waals surface area contributed by atoms with Crippen LogP contribution in [0.5, 0.6) is 0 Å². The van der Waals surface area contributed by atoms with Crippen LogP contribution < -0.4 is 0 Å². The quantitative estimate of drug-likeness (QED) is 0.772. The summed E-state index contributed by atoms with van der Waals surface area (Å²) >= 11 is 6.30. The van der Waals surface area contributed by atoms with Crippen LogP contribution in [0.4, 0.5) is 8.78 Å². The van der Waals surface area contributed by atoms with Gasteiger partial charge in [-0.05, 0) is 28.1 Å². The molecule has 2 rings (SSSR count). The fourth-order valence-electron chi connectivity index (χ4n) is 1.69. The van der Waals surface area contributed by atoms with Crippen LogP contribution in [0.15, 0.2) is 16.6 Å². The van der Waals surface area contributed by atoms with Gasteiger partial charge in [0, 0.05) is 29.2 Å². The summed E-state index contributed by atoms with van der Waals surface area (Å²) in [6, 6.07) is 2.49. The standard InChI is InChI=1S/C12H11BrF2OS2/c13-8-1-2-9(14)7(12(8)15)5-10(16)11-6-17-3-4-18-11/h1-2,11H,3-6H2. The Bertz CT molecular complexity index is 462. The smallest absolute Gasteiger partial charge is 0.151 e. The average Bonchev–Trinajstić information content (AvgIpc) is 2.40. The third-order valence-corrected chi connectivity index (χ3v) is 6.08. The largest absolute Gasteiger partial charge is 0.298 e. The highest BCUT2D eigenvalue weighted by molar-refractivity contribution is 9.10. The molecule has 1 heterocycles. The fraction of sp³-hybridized carbons (Fsp3) is 0.417. The Labute approximate surface area is 121 Å². The molecule has 0 saturated carbocycles. The highest BCUT2D eigenvalue weighted by Gasteiger charge is 2.24. The van der Waals surface area contributed by atoms with Crippen LogP contribution in [0, 0.1) is 11.6 Å². The van der Waals surface area contributed by atoms with Crippen molar-refractivity contribution in [1.82, 2.24) is 0 Å². The van der Waals surface area contributed by atoms with Crippen molar-refractivity contribution >= 4 is 45.2 Å². The van der Waals surface area contributed by atoms with E-state index in [0.29, 0.717) is 0 Å². The second kappa shape index (κ2) is 6.39. The molecule has 6 heteroatoms. The molecule has 1 fully saturated rings. The van der Waals surface area contributed by atoms with Gasteiger partial charge >= 0.3 is 0 Å². The summed E-state index contributed by atoms with van der Waals surface area (Å²) in [4.78, 5) is 12.0. The van der Waals surface area contributed by atoms with E-state index in [-0.39, 0.29) is 27.5 Å². The number of halogens is 3. The first-order valence-electron chi connectivity index (χ1n) is 5.44. The van der Waals surface area contributed by atoms with Gasteiger partial charge in [0.05, 0.1) is 9.72 Å². The van der Waals surface area contributed by atoms with Gasteiger partial charge in [0.2, 0.25) is 0 Å². The molecule has 1 unspecified atom stereocenters. The molecule has 0 spiro atoms. The maximum atomic E-state index is 13.7. The van der Waals surface area contributed by atoms with Crippen LogP contribution in [0.25, 0.3) is 0 Å². The zero-order chi connectivity index (χ0) is 13.1. The normalized spacial score (nSPS) is 19.8. The number of hydrogen-bond donors (Lipinski definition) is 0. The molecular weight excluding hydrogens is 342 g/mol. The third-order valence-electron chi connectivity index (χ3n) is 2.66. The van der Waals surface area contributed by atoms with Gasteiger partial charge in [0.1, 0.15) is 11.6 Å². The van der Waals surface area contributed by atoms with Gasteiger partial charge < -0.3 is 0 Å². The number of ketones is 1. The molecule has 1 aliphatic heterocycles. The van der Waals surface area contributed by atoms with E-state index in [0.717, 1.165) is 17.3 Å². The summed E-state index contributed by atoms with van der Waals surface area (Å²) < 4.78 is 27.5. The fourth-order valence-corrected chi connectivity index (χ4v) is 4.71. The molecular formula is C12H11BrF2OS2. The van der Waals surface area contributed by atoms with E-state index in [9.17, 15) is 13.6 Å².